The summed E-state index contributed by atoms with van der Waals surface area (Å²) in [4.78, 5) is -0.318. The van der Waals surface area contributed by atoms with Crippen molar-refractivity contribution in [2.75, 3.05) is 0 Å². The van der Waals surface area contributed by atoms with Gasteiger partial charge in [0.25, 0.3) is 20.0 Å². The van der Waals surface area contributed by atoms with E-state index < -0.39 is 20.0 Å². The second kappa shape index (κ2) is 6.52. The SMILES string of the molecule is Cc1ccccc1-c1c(C)c(C)c(-c2ccccc2C)c2c1S(=O)(=O)NS2(=O)=O. The largest absolute Gasteiger partial charge is 0.255 e. The van der Waals surface area contributed by atoms with Crippen LogP contribution in [0.4, 0.5) is 0 Å². The Labute approximate surface area is 171 Å². The molecule has 0 saturated heterocycles. The molecule has 0 atom stereocenters. The fraction of sp³-hybridized carbons (Fsp3) is 0.182. The Morgan fingerprint density at radius 3 is 1.28 bits per heavy atom. The van der Waals surface area contributed by atoms with Crippen molar-refractivity contribution in [1.29, 1.82) is 0 Å². The molecule has 150 valence electrons. The standard InChI is InChI=1S/C22H21NO4S2/c1-13-9-5-7-11-17(13)19-15(3)16(4)20(18-12-8-6-10-14(18)2)22-21(19)28(24,25)23-29(22,26)27/h5-12,23H,1-4H3. The van der Waals surface area contributed by atoms with Crippen LogP contribution in [0.1, 0.15) is 22.3 Å². The van der Waals surface area contributed by atoms with Crippen LogP contribution in [0.2, 0.25) is 0 Å². The Balaban J connectivity index is 2.29. The first-order valence-electron chi connectivity index (χ1n) is 9.14. The van der Waals surface area contributed by atoms with Gasteiger partial charge < -0.3 is 0 Å². The van der Waals surface area contributed by atoms with Crippen LogP contribution in [-0.4, -0.2) is 16.8 Å². The van der Waals surface area contributed by atoms with Gasteiger partial charge in [0, 0.05) is 11.1 Å². The number of hydrogen-bond acceptors (Lipinski definition) is 4. The Hall–Kier alpha value is -2.48. The van der Waals surface area contributed by atoms with Gasteiger partial charge in [0.1, 0.15) is 9.79 Å². The Morgan fingerprint density at radius 1 is 0.586 bits per heavy atom. The van der Waals surface area contributed by atoms with Crippen molar-refractivity contribution < 1.29 is 16.8 Å². The zero-order valence-electron chi connectivity index (χ0n) is 16.6. The molecule has 0 aromatic heterocycles. The van der Waals surface area contributed by atoms with Crippen LogP contribution < -0.4 is 4.13 Å². The molecular formula is C22H21NO4S2. The van der Waals surface area contributed by atoms with Crippen LogP contribution in [-0.2, 0) is 20.0 Å². The zero-order valence-corrected chi connectivity index (χ0v) is 18.2. The van der Waals surface area contributed by atoms with E-state index in [4.69, 9.17) is 0 Å². The van der Waals surface area contributed by atoms with Crippen molar-refractivity contribution in [2.24, 2.45) is 0 Å². The fourth-order valence-electron chi connectivity index (χ4n) is 4.04. The second-order valence-corrected chi connectivity index (χ2v) is 10.9. The minimum absolute atomic E-state index is 0.159. The van der Waals surface area contributed by atoms with E-state index in [0.717, 1.165) is 22.3 Å². The van der Waals surface area contributed by atoms with Crippen molar-refractivity contribution in [2.45, 2.75) is 37.5 Å². The second-order valence-electron chi connectivity index (χ2n) is 7.38. The molecule has 1 heterocycles. The third-order valence-electron chi connectivity index (χ3n) is 5.56. The van der Waals surface area contributed by atoms with E-state index in [2.05, 4.69) is 0 Å². The lowest BCUT2D eigenvalue weighted by Crippen LogP contribution is -2.21. The number of sulfonamides is 2. The van der Waals surface area contributed by atoms with E-state index in [0.29, 0.717) is 22.3 Å². The van der Waals surface area contributed by atoms with E-state index in [1.165, 1.54) is 0 Å². The maximum absolute atomic E-state index is 13.0. The number of rotatable bonds is 2. The van der Waals surface area contributed by atoms with Crippen molar-refractivity contribution in [3.05, 3.63) is 70.8 Å². The molecule has 7 heteroatoms. The molecule has 0 amide bonds. The van der Waals surface area contributed by atoms with Crippen LogP contribution in [0.5, 0.6) is 0 Å². The normalized spacial score (nSPS) is 16.6. The van der Waals surface area contributed by atoms with Gasteiger partial charge in [-0.15, -0.1) is 4.13 Å². The highest BCUT2D eigenvalue weighted by molar-refractivity contribution is 8.07. The van der Waals surface area contributed by atoms with Crippen molar-refractivity contribution in [1.82, 2.24) is 4.13 Å². The Morgan fingerprint density at radius 2 is 0.931 bits per heavy atom. The predicted molar refractivity (Wildman–Crippen MR) is 114 cm³/mol. The van der Waals surface area contributed by atoms with Crippen LogP contribution in [0.3, 0.4) is 0 Å². The minimum Gasteiger partial charge on any atom is -0.206 e. The summed E-state index contributed by atoms with van der Waals surface area (Å²) < 4.78 is 54.0. The lowest BCUT2D eigenvalue weighted by molar-refractivity contribution is 0.586. The summed E-state index contributed by atoms with van der Waals surface area (Å²) in [5, 5.41) is 0. The molecule has 1 aliphatic rings. The first kappa shape index (κ1) is 19.8. The topological polar surface area (TPSA) is 80.3 Å². The summed E-state index contributed by atoms with van der Waals surface area (Å²) in [6.45, 7) is 7.46. The molecule has 0 bridgehead atoms. The molecule has 29 heavy (non-hydrogen) atoms. The number of nitrogens with one attached hydrogen (secondary N) is 1. The Bertz CT molecular complexity index is 1280. The lowest BCUT2D eigenvalue weighted by atomic mass is 9.88. The average Bonchev–Trinajstić information content (AvgIpc) is 2.83. The van der Waals surface area contributed by atoms with E-state index in [-0.39, 0.29) is 9.79 Å². The van der Waals surface area contributed by atoms with Crippen molar-refractivity contribution in [3.8, 4) is 22.3 Å². The smallest absolute Gasteiger partial charge is 0.206 e. The van der Waals surface area contributed by atoms with Gasteiger partial charge in [-0.2, -0.15) is 0 Å². The van der Waals surface area contributed by atoms with Crippen molar-refractivity contribution in [3.63, 3.8) is 0 Å². The number of hydrogen-bond donors (Lipinski definition) is 1. The monoisotopic (exact) mass is 427 g/mol. The van der Waals surface area contributed by atoms with Gasteiger partial charge in [-0.3, -0.25) is 0 Å². The average molecular weight is 428 g/mol. The van der Waals surface area contributed by atoms with Gasteiger partial charge in [0.2, 0.25) is 0 Å². The molecule has 5 nitrogen and oxygen atoms in total. The summed E-state index contributed by atoms with van der Waals surface area (Å²) in [5.41, 5.74) is 5.56. The highest BCUT2D eigenvalue weighted by Crippen LogP contribution is 2.48. The Kier molecular flexibility index (Phi) is 4.45. The summed E-state index contributed by atoms with van der Waals surface area (Å²) in [5.74, 6) is 0. The molecule has 0 saturated carbocycles. The summed E-state index contributed by atoms with van der Waals surface area (Å²) in [6, 6.07) is 14.8. The molecule has 0 fully saturated rings. The van der Waals surface area contributed by atoms with Crippen LogP contribution in [0.15, 0.2) is 58.3 Å². The molecule has 4 rings (SSSR count). The molecule has 0 radical (unpaired) electrons. The quantitative estimate of drug-likeness (QED) is 0.664. The molecule has 0 unspecified atom stereocenters. The van der Waals surface area contributed by atoms with Gasteiger partial charge in [-0.25, -0.2) is 16.8 Å². The summed E-state index contributed by atoms with van der Waals surface area (Å²) in [6.07, 6.45) is 0. The van der Waals surface area contributed by atoms with E-state index in [9.17, 15) is 16.8 Å². The third kappa shape index (κ3) is 2.92. The maximum atomic E-state index is 13.0. The minimum atomic E-state index is -4.23. The maximum Gasteiger partial charge on any atom is 0.255 e. The third-order valence-corrected chi connectivity index (χ3v) is 9.33. The van der Waals surface area contributed by atoms with Gasteiger partial charge in [0.05, 0.1) is 0 Å². The fourth-order valence-corrected chi connectivity index (χ4v) is 8.27. The number of aryl methyl sites for hydroxylation is 2. The number of benzene rings is 3. The van der Waals surface area contributed by atoms with Crippen LogP contribution in [0.25, 0.3) is 22.3 Å². The molecule has 0 spiro atoms. The zero-order chi connectivity index (χ0) is 21.1. The van der Waals surface area contributed by atoms with Crippen molar-refractivity contribution >= 4 is 20.0 Å². The number of fused-ring (bicyclic) bond motifs is 1. The lowest BCUT2D eigenvalue weighted by Gasteiger charge is -2.20. The van der Waals surface area contributed by atoms with E-state index in [1.54, 1.807) is 0 Å². The molecule has 3 aromatic carbocycles. The van der Waals surface area contributed by atoms with E-state index in [1.807, 2.05) is 80.4 Å². The summed E-state index contributed by atoms with van der Waals surface area (Å²) in [7, 11) is -8.46. The molecule has 1 aliphatic heterocycles. The van der Waals surface area contributed by atoms with Gasteiger partial charge >= 0.3 is 0 Å². The molecule has 3 aromatic rings. The summed E-state index contributed by atoms with van der Waals surface area (Å²) >= 11 is 0. The van der Waals surface area contributed by atoms with E-state index >= 15 is 0 Å². The first-order chi connectivity index (χ1) is 13.6. The van der Waals surface area contributed by atoms with Gasteiger partial charge in [-0.1, -0.05) is 48.5 Å². The van der Waals surface area contributed by atoms with Crippen LogP contribution in [0, 0.1) is 27.7 Å². The molecular weight excluding hydrogens is 406 g/mol. The highest BCUT2D eigenvalue weighted by atomic mass is 32.3. The molecule has 0 aliphatic carbocycles. The molecule has 1 N–H and O–H groups in total. The van der Waals surface area contributed by atoms with Gasteiger partial charge in [0.15, 0.2) is 0 Å². The predicted octanol–water partition coefficient (Wildman–Crippen LogP) is 4.23. The van der Waals surface area contributed by atoms with Crippen LogP contribution >= 0.6 is 0 Å². The highest BCUT2D eigenvalue weighted by Gasteiger charge is 2.44. The first-order valence-corrected chi connectivity index (χ1v) is 12.1. The van der Waals surface area contributed by atoms with Gasteiger partial charge in [-0.05, 0) is 61.1 Å².